The number of carbonyl (C=O) groups is 1. The lowest BCUT2D eigenvalue weighted by molar-refractivity contribution is -0.140. The molecule has 3 heterocycles. The number of likely N-dealkylation sites (tertiary alicyclic amines) is 1. The number of nitrogens with zero attached hydrogens (tertiary/aromatic N) is 4. The van der Waals surface area contributed by atoms with Crippen molar-refractivity contribution in [1.82, 2.24) is 19.4 Å². The average Bonchev–Trinajstić information content (AvgIpc) is 3.04. The highest BCUT2D eigenvalue weighted by Gasteiger charge is 2.35. The van der Waals surface area contributed by atoms with Gasteiger partial charge >= 0.3 is 6.18 Å². The van der Waals surface area contributed by atoms with Crippen LogP contribution in [0.25, 0.3) is 5.69 Å². The third-order valence-corrected chi connectivity index (χ3v) is 9.19. The lowest BCUT2D eigenvalue weighted by atomic mass is 9.94. The van der Waals surface area contributed by atoms with Gasteiger partial charge in [-0.1, -0.05) is 6.07 Å². The molecule has 3 aromatic rings. The Bertz CT molecular complexity index is 1620. The number of hydrogen-bond acceptors (Lipinski definition) is 6. The van der Waals surface area contributed by atoms with Crippen LogP contribution in [0.5, 0.6) is 5.75 Å². The van der Waals surface area contributed by atoms with Gasteiger partial charge in [0.1, 0.15) is 23.2 Å². The van der Waals surface area contributed by atoms with E-state index >= 15 is 0 Å². The Balaban J connectivity index is 1.55. The van der Waals surface area contributed by atoms with E-state index < -0.39 is 29.5 Å². The Morgan fingerprint density at radius 2 is 1.81 bits per heavy atom. The third-order valence-electron chi connectivity index (χ3n) is 9.19. The first-order chi connectivity index (χ1) is 22.4. The molecular formula is C35H43F4N5O3. The summed E-state index contributed by atoms with van der Waals surface area (Å²) in [6.07, 6.45) is -2.24. The van der Waals surface area contributed by atoms with Gasteiger partial charge in [0.05, 0.1) is 35.9 Å². The molecule has 2 aliphatic heterocycles. The molecule has 0 radical (unpaired) electrons. The van der Waals surface area contributed by atoms with Crippen molar-refractivity contribution in [3.63, 3.8) is 0 Å². The van der Waals surface area contributed by atoms with Gasteiger partial charge in [0.15, 0.2) is 0 Å². The Morgan fingerprint density at radius 3 is 2.45 bits per heavy atom. The van der Waals surface area contributed by atoms with Crippen molar-refractivity contribution in [1.29, 1.82) is 0 Å². The molecule has 1 N–H and O–H groups in total. The van der Waals surface area contributed by atoms with Crippen LogP contribution in [0.4, 0.5) is 23.4 Å². The highest BCUT2D eigenvalue weighted by molar-refractivity contribution is 5.79. The van der Waals surface area contributed by atoms with Crippen molar-refractivity contribution < 1.29 is 27.1 Å². The second kappa shape index (κ2) is 14.5. The minimum absolute atomic E-state index is 0.0551. The number of piperidine rings is 1. The molecule has 1 fully saturated rings. The molecule has 1 saturated heterocycles. The van der Waals surface area contributed by atoms with E-state index in [9.17, 15) is 27.2 Å². The molecule has 8 nitrogen and oxygen atoms in total. The van der Waals surface area contributed by atoms with E-state index in [-0.39, 0.29) is 23.5 Å². The molecule has 1 aromatic heterocycles. The summed E-state index contributed by atoms with van der Waals surface area (Å²) in [5.74, 6) is -0.209. The third kappa shape index (κ3) is 7.80. The summed E-state index contributed by atoms with van der Waals surface area (Å²) in [4.78, 5) is 37.2. The normalized spacial score (nSPS) is 16.4. The number of nitrogens with one attached hydrogen (secondary N) is 1. The van der Waals surface area contributed by atoms with Crippen LogP contribution < -0.4 is 15.6 Å². The maximum Gasteiger partial charge on any atom is 0.419 e. The van der Waals surface area contributed by atoms with Gasteiger partial charge in [0.2, 0.25) is 5.91 Å². The molecule has 12 heteroatoms. The fourth-order valence-corrected chi connectivity index (χ4v) is 6.52. The molecule has 47 heavy (non-hydrogen) atoms. The first-order valence-corrected chi connectivity index (χ1v) is 16.4. The van der Waals surface area contributed by atoms with Crippen molar-refractivity contribution >= 4 is 11.7 Å². The Morgan fingerprint density at radius 1 is 1.11 bits per heavy atom. The standard InChI is InChI=1S/C35H43F4N5O3/c1-5-47-27-11-9-26(10-12-27)44-33(41-32-28(34(44)46)7-6-16-40-32)23(4)43(21-24-14-17-42(18-15-24)22(2)3)31(45)20-25-8-13-30(36)29(19-25)35(37,38)39/h8-13,19,22-24,40H,5-7,14-18,20-21H2,1-4H3/t23-/m1/s1. The molecule has 2 aliphatic rings. The van der Waals surface area contributed by atoms with E-state index in [2.05, 4.69) is 24.1 Å². The van der Waals surface area contributed by atoms with E-state index in [0.29, 0.717) is 66.9 Å². The number of hydrogen-bond donors (Lipinski definition) is 1. The maximum atomic E-state index is 14.2. The second-order valence-electron chi connectivity index (χ2n) is 12.7. The molecule has 1 atom stereocenters. The first kappa shape index (κ1) is 34.4. The topological polar surface area (TPSA) is 79.7 Å². The Hall–Kier alpha value is -3.93. The molecule has 0 aliphatic carbocycles. The van der Waals surface area contributed by atoms with E-state index in [1.165, 1.54) is 10.6 Å². The molecular weight excluding hydrogens is 614 g/mol. The van der Waals surface area contributed by atoms with Crippen molar-refractivity contribution in [3.05, 3.63) is 81.2 Å². The highest BCUT2D eigenvalue weighted by atomic mass is 19.4. The number of amides is 1. The van der Waals surface area contributed by atoms with Crippen molar-refractivity contribution in [2.24, 2.45) is 5.92 Å². The van der Waals surface area contributed by atoms with E-state index in [4.69, 9.17) is 9.72 Å². The van der Waals surface area contributed by atoms with Crippen molar-refractivity contribution in [2.75, 3.05) is 38.1 Å². The second-order valence-corrected chi connectivity index (χ2v) is 12.7. The highest BCUT2D eigenvalue weighted by Crippen LogP contribution is 2.33. The summed E-state index contributed by atoms with van der Waals surface area (Å²) >= 11 is 0. The van der Waals surface area contributed by atoms with Gasteiger partial charge in [-0.15, -0.1) is 0 Å². The quantitative estimate of drug-likeness (QED) is 0.255. The van der Waals surface area contributed by atoms with Crippen LogP contribution in [-0.2, 0) is 23.8 Å². The van der Waals surface area contributed by atoms with Gasteiger partial charge in [-0.3, -0.25) is 14.2 Å². The van der Waals surface area contributed by atoms with Gasteiger partial charge in [-0.05, 0) is 114 Å². The number of anilines is 1. The lowest BCUT2D eigenvalue weighted by Crippen LogP contribution is -2.45. The van der Waals surface area contributed by atoms with E-state index in [1.54, 1.807) is 36.1 Å². The predicted molar refractivity (Wildman–Crippen MR) is 172 cm³/mol. The van der Waals surface area contributed by atoms with Crippen molar-refractivity contribution in [2.45, 2.75) is 78.1 Å². The van der Waals surface area contributed by atoms with Crippen LogP contribution in [0.3, 0.4) is 0 Å². The van der Waals surface area contributed by atoms with Crippen LogP contribution in [0.2, 0.25) is 0 Å². The summed E-state index contributed by atoms with van der Waals surface area (Å²) in [6, 6.07) is 9.44. The van der Waals surface area contributed by atoms with Crippen LogP contribution >= 0.6 is 0 Å². The minimum atomic E-state index is -4.89. The zero-order valence-electron chi connectivity index (χ0n) is 27.4. The molecule has 1 amide bonds. The predicted octanol–water partition coefficient (Wildman–Crippen LogP) is 6.40. The van der Waals surface area contributed by atoms with Crippen LogP contribution in [0.15, 0.2) is 47.3 Å². The van der Waals surface area contributed by atoms with E-state index in [0.717, 1.165) is 38.4 Å². The van der Waals surface area contributed by atoms with Gasteiger partial charge in [0, 0.05) is 19.1 Å². The number of carbonyl (C=O) groups excluding carboxylic acids is 1. The summed E-state index contributed by atoms with van der Waals surface area (Å²) in [5.41, 5.74) is -0.466. The summed E-state index contributed by atoms with van der Waals surface area (Å²) in [5, 5.41) is 3.24. The minimum Gasteiger partial charge on any atom is -0.494 e. The molecule has 5 rings (SSSR count). The van der Waals surface area contributed by atoms with Crippen LogP contribution in [0, 0.1) is 11.7 Å². The zero-order chi connectivity index (χ0) is 33.9. The smallest absolute Gasteiger partial charge is 0.419 e. The molecule has 0 saturated carbocycles. The number of rotatable bonds is 10. The lowest BCUT2D eigenvalue weighted by Gasteiger charge is -2.39. The molecule has 254 valence electrons. The number of fused-ring (bicyclic) bond motifs is 1. The van der Waals surface area contributed by atoms with Gasteiger partial charge in [0.25, 0.3) is 5.56 Å². The van der Waals surface area contributed by atoms with Crippen LogP contribution in [0.1, 0.15) is 75.5 Å². The average molecular weight is 658 g/mol. The Kier molecular flexibility index (Phi) is 10.6. The summed E-state index contributed by atoms with van der Waals surface area (Å²) in [6.45, 7) is 11.2. The monoisotopic (exact) mass is 657 g/mol. The van der Waals surface area contributed by atoms with Gasteiger partial charge in [-0.2, -0.15) is 13.2 Å². The first-order valence-electron chi connectivity index (χ1n) is 16.4. The number of halogens is 4. The number of aromatic nitrogens is 2. The summed E-state index contributed by atoms with van der Waals surface area (Å²) in [7, 11) is 0. The molecule has 2 aromatic carbocycles. The number of benzene rings is 2. The largest absolute Gasteiger partial charge is 0.494 e. The molecule has 0 bridgehead atoms. The fraction of sp³-hybridized carbons (Fsp3) is 0.514. The van der Waals surface area contributed by atoms with Gasteiger partial charge in [-0.25, -0.2) is 9.37 Å². The molecule has 0 spiro atoms. The maximum absolute atomic E-state index is 14.2. The zero-order valence-corrected chi connectivity index (χ0v) is 27.4. The SMILES string of the molecule is CCOc1ccc(-n2c([C@@H](C)N(CC3CCN(C(C)C)CC3)C(=O)Cc3ccc(F)c(C(F)(F)F)c3)nc3c(c2=O)CCCN3)cc1. The number of alkyl halides is 3. The number of ether oxygens (including phenoxy) is 1. The fourth-order valence-electron chi connectivity index (χ4n) is 6.52. The van der Waals surface area contributed by atoms with Crippen molar-refractivity contribution in [3.8, 4) is 11.4 Å². The van der Waals surface area contributed by atoms with Gasteiger partial charge < -0.3 is 19.9 Å². The van der Waals surface area contributed by atoms with E-state index in [1.807, 2.05) is 6.92 Å². The van der Waals surface area contributed by atoms with Crippen LogP contribution in [-0.4, -0.2) is 64.1 Å². The Labute approximate surface area is 272 Å². The molecule has 0 unspecified atom stereocenters. The summed E-state index contributed by atoms with van der Waals surface area (Å²) < 4.78 is 61.8.